The van der Waals surface area contributed by atoms with Gasteiger partial charge in [0.15, 0.2) is 0 Å². The third-order valence-electron chi connectivity index (χ3n) is 2.97. The van der Waals surface area contributed by atoms with E-state index in [9.17, 15) is 4.79 Å². The third kappa shape index (κ3) is 2.01. The van der Waals surface area contributed by atoms with Gasteiger partial charge >= 0.3 is 5.97 Å². The lowest BCUT2D eigenvalue weighted by molar-refractivity contribution is -0.142. The molecule has 0 bridgehead atoms. The van der Waals surface area contributed by atoms with Crippen LogP contribution in [0.15, 0.2) is 36.4 Å². The zero-order chi connectivity index (χ0) is 12.4. The van der Waals surface area contributed by atoms with Gasteiger partial charge in [0.1, 0.15) is 6.04 Å². The molecule has 2 N–H and O–H groups in total. The molecule has 2 aromatic carbocycles. The highest BCUT2D eigenvalue weighted by Gasteiger charge is 2.18. The molecule has 3 heteroatoms. The Bertz CT molecular complexity index is 563. The van der Waals surface area contributed by atoms with Gasteiger partial charge < -0.3 is 10.5 Å². The van der Waals surface area contributed by atoms with Crippen LogP contribution in [-0.2, 0) is 9.53 Å². The number of carbonyl (C=O) groups excluding carboxylic acids is 1. The fourth-order valence-electron chi connectivity index (χ4n) is 2.00. The summed E-state index contributed by atoms with van der Waals surface area (Å²) in [7, 11) is 1.35. The number of esters is 1. The highest BCUT2D eigenvalue weighted by atomic mass is 16.5. The normalized spacial score (nSPS) is 12.4. The van der Waals surface area contributed by atoms with Gasteiger partial charge in [0.05, 0.1) is 7.11 Å². The quantitative estimate of drug-likeness (QED) is 0.804. The van der Waals surface area contributed by atoms with Crippen LogP contribution in [0.3, 0.4) is 0 Å². The average molecular weight is 229 g/mol. The topological polar surface area (TPSA) is 52.3 Å². The lowest BCUT2D eigenvalue weighted by atomic mass is 9.96. The van der Waals surface area contributed by atoms with E-state index in [2.05, 4.69) is 4.74 Å². The van der Waals surface area contributed by atoms with E-state index in [1.807, 2.05) is 43.3 Å². The molecule has 0 amide bonds. The number of ether oxygens (including phenoxy) is 1. The zero-order valence-corrected chi connectivity index (χ0v) is 9.94. The maximum Gasteiger partial charge on any atom is 0.327 e. The minimum atomic E-state index is -0.731. The van der Waals surface area contributed by atoms with Crippen molar-refractivity contribution in [2.24, 2.45) is 5.73 Å². The molecule has 1 atom stereocenters. The summed E-state index contributed by atoms with van der Waals surface area (Å²) < 4.78 is 4.68. The molecule has 0 aliphatic carbocycles. The van der Waals surface area contributed by atoms with Crippen LogP contribution in [0.25, 0.3) is 10.8 Å². The fourth-order valence-corrected chi connectivity index (χ4v) is 2.00. The summed E-state index contributed by atoms with van der Waals surface area (Å²) in [4.78, 5) is 11.5. The van der Waals surface area contributed by atoms with Crippen LogP contribution in [0.2, 0.25) is 0 Å². The molecule has 88 valence electrons. The number of nitrogens with two attached hydrogens (primary N) is 1. The number of hydrogen-bond acceptors (Lipinski definition) is 3. The predicted molar refractivity (Wildman–Crippen MR) is 67.6 cm³/mol. The zero-order valence-electron chi connectivity index (χ0n) is 9.94. The molecule has 2 aromatic rings. The molecule has 0 saturated carbocycles. The van der Waals surface area contributed by atoms with E-state index < -0.39 is 12.0 Å². The standard InChI is InChI=1S/C14H15NO2/c1-9-7-8-12(13(15)14(16)17-2)11-6-4-3-5-10(9)11/h3-8,13H,15H2,1-2H3/t13-/m0/s1. The summed E-state index contributed by atoms with van der Waals surface area (Å²) in [6.07, 6.45) is 0. The maximum atomic E-state index is 11.5. The minimum Gasteiger partial charge on any atom is -0.468 e. The van der Waals surface area contributed by atoms with Crippen molar-refractivity contribution in [2.45, 2.75) is 13.0 Å². The van der Waals surface area contributed by atoms with Crippen molar-refractivity contribution in [1.29, 1.82) is 0 Å². The van der Waals surface area contributed by atoms with Crippen molar-refractivity contribution in [3.05, 3.63) is 47.5 Å². The monoisotopic (exact) mass is 229 g/mol. The fraction of sp³-hybridized carbons (Fsp3) is 0.214. The molecule has 0 aliphatic rings. The first-order chi connectivity index (χ1) is 8.15. The van der Waals surface area contributed by atoms with Gasteiger partial charge in [-0.15, -0.1) is 0 Å². The number of carbonyl (C=O) groups is 1. The second-order valence-corrected chi connectivity index (χ2v) is 4.02. The summed E-state index contributed by atoms with van der Waals surface area (Å²) in [5.41, 5.74) is 7.86. The van der Waals surface area contributed by atoms with Gasteiger partial charge in [-0.25, -0.2) is 0 Å². The van der Waals surface area contributed by atoms with Gasteiger partial charge in [-0.05, 0) is 28.8 Å². The SMILES string of the molecule is COC(=O)[C@@H](N)c1ccc(C)c2ccccc12. The lowest BCUT2D eigenvalue weighted by Crippen LogP contribution is -2.22. The van der Waals surface area contributed by atoms with E-state index in [1.54, 1.807) is 0 Å². The molecule has 0 spiro atoms. The molecule has 0 aromatic heterocycles. The Hall–Kier alpha value is -1.87. The predicted octanol–water partition coefficient (Wildman–Crippen LogP) is 2.32. The van der Waals surface area contributed by atoms with E-state index in [4.69, 9.17) is 5.73 Å². The summed E-state index contributed by atoms with van der Waals surface area (Å²) in [6.45, 7) is 2.04. The summed E-state index contributed by atoms with van der Waals surface area (Å²) in [6, 6.07) is 11.0. The number of aryl methyl sites for hydroxylation is 1. The molecule has 3 nitrogen and oxygen atoms in total. The van der Waals surface area contributed by atoms with Crippen LogP contribution >= 0.6 is 0 Å². The van der Waals surface area contributed by atoms with Gasteiger partial charge in [-0.1, -0.05) is 36.4 Å². The summed E-state index contributed by atoms with van der Waals surface area (Å²) >= 11 is 0. The van der Waals surface area contributed by atoms with Crippen LogP contribution in [-0.4, -0.2) is 13.1 Å². The first-order valence-electron chi connectivity index (χ1n) is 5.47. The smallest absolute Gasteiger partial charge is 0.327 e. The number of benzene rings is 2. The molecule has 0 aliphatic heterocycles. The van der Waals surface area contributed by atoms with Crippen LogP contribution < -0.4 is 5.73 Å². The average Bonchev–Trinajstić information content (AvgIpc) is 2.38. The Labute approximate surface area is 100 Å². The minimum absolute atomic E-state index is 0.418. The Morgan fingerprint density at radius 2 is 1.82 bits per heavy atom. The molecule has 0 radical (unpaired) electrons. The highest BCUT2D eigenvalue weighted by Crippen LogP contribution is 2.26. The van der Waals surface area contributed by atoms with E-state index in [1.165, 1.54) is 12.7 Å². The van der Waals surface area contributed by atoms with E-state index in [0.29, 0.717) is 0 Å². The number of fused-ring (bicyclic) bond motifs is 1. The third-order valence-corrected chi connectivity index (χ3v) is 2.97. The van der Waals surface area contributed by atoms with Crippen molar-refractivity contribution in [2.75, 3.05) is 7.11 Å². The summed E-state index contributed by atoms with van der Waals surface area (Å²) in [5.74, 6) is -0.418. The lowest BCUT2D eigenvalue weighted by Gasteiger charge is -2.13. The van der Waals surface area contributed by atoms with Crippen molar-refractivity contribution in [3.8, 4) is 0 Å². The largest absolute Gasteiger partial charge is 0.468 e. The molecule has 0 saturated heterocycles. The maximum absolute atomic E-state index is 11.5. The molecule has 17 heavy (non-hydrogen) atoms. The van der Waals surface area contributed by atoms with Crippen LogP contribution in [0, 0.1) is 6.92 Å². The second kappa shape index (κ2) is 4.55. The number of hydrogen-bond donors (Lipinski definition) is 1. The van der Waals surface area contributed by atoms with Crippen molar-refractivity contribution in [3.63, 3.8) is 0 Å². The van der Waals surface area contributed by atoms with Crippen LogP contribution in [0.1, 0.15) is 17.2 Å². The second-order valence-electron chi connectivity index (χ2n) is 4.02. The Morgan fingerprint density at radius 1 is 1.18 bits per heavy atom. The molecule has 0 heterocycles. The van der Waals surface area contributed by atoms with Crippen molar-refractivity contribution in [1.82, 2.24) is 0 Å². The first-order valence-corrected chi connectivity index (χ1v) is 5.47. The first kappa shape index (κ1) is 11.6. The summed E-state index contributed by atoms with van der Waals surface area (Å²) in [5, 5.41) is 2.12. The molecule has 2 rings (SSSR count). The Kier molecular flexibility index (Phi) is 3.11. The van der Waals surface area contributed by atoms with E-state index >= 15 is 0 Å². The molecule has 0 unspecified atom stereocenters. The molecular formula is C14H15NO2. The Morgan fingerprint density at radius 3 is 2.47 bits per heavy atom. The number of rotatable bonds is 2. The van der Waals surface area contributed by atoms with E-state index in [0.717, 1.165) is 16.3 Å². The van der Waals surface area contributed by atoms with E-state index in [-0.39, 0.29) is 0 Å². The molecular weight excluding hydrogens is 214 g/mol. The van der Waals surface area contributed by atoms with Gasteiger partial charge in [-0.2, -0.15) is 0 Å². The van der Waals surface area contributed by atoms with Gasteiger partial charge in [0, 0.05) is 0 Å². The van der Waals surface area contributed by atoms with Crippen LogP contribution in [0.5, 0.6) is 0 Å². The van der Waals surface area contributed by atoms with Gasteiger partial charge in [-0.3, -0.25) is 4.79 Å². The van der Waals surface area contributed by atoms with Crippen molar-refractivity contribution >= 4 is 16.7 Å². The van der Waals surface area contributed by atoms with Gasteiger partial charge in [0.2, 0.25) is 0 Å². The number of methoxy groups -OCH3 is 1. The van der Waals surface area contributed by atoms with Gasteiger partial charge in [0.25, 0.3) is 0 Å². The highest BCUT2D eigenvalue weighted by molar-refractivity contribution is 5.92. The van der Waals surface area contributed by atoms with Crippen molar-refractivity contribution < 1.29 is 9.53 Å². The van der Waals surface area contributed by atoms with Crippen LogP contribution in [0.4, 0.5) is 0 Å². The Balaban J connectivity index is 2.63. The molecule has 0 fully saturated rings.